The van der Waals surface area contributed by atoms with Crippen LogP contribution in [0.2, 0.25) is 0 Å². The molecule has 1 aliphatic heterocycles. The lowest BCUT2D eigenvalue weighted by Crippen LogP contribution is -2.34. The Balaban J connectivity index is 1.47. The third-order valence-corrected chi connectivity index (χ3v) is 3.58. The highest BCUT2D eigenvalue weighted by Crippen LogP contribution is 2.32. The van der Waals surface area contributed by atoms with Crippen molar-refractivity contribution in [3.05, 3.63) is 53.9 Å². The number of carbonyl (C=O) groups excluding carboxylic acids is 3. The summed E-state index contributed by atoms with van der Waals surface area (Å²) < 4.78 is 16.8. The van der Waals surface area contributed by atoms with Crippen LogP contribution in [-0.4, -0.2) is 35.8 Å². The second-order valence-electron chi connectivity index (χ2n) is 5.44. The molecule has 1 N–H and O–H groups in total. The lowest BCUT2D eigenvalue weighted by atomic mass is 10.2. The number of hydrogen-bond donors (Lipinski definition) is 1. The standard InChI is InChI=1S/C18H16N2O6/c1-20-8-2-3-13(20)18(23)19-16(21)10-24-17(22)7-5-12-4-6-14-15(9-12)26-11-25-14/h2-9H,10-11H2,1H3,(H,19,21,23). The summed E-state index contributed by atoms with van der Waals surface area (Å²) in [6.45, 7) is -0.387. The summed E-state index contributed by atoms with van der Waals surface area (Å²) in [4.78, 5) is 35.2. The van der Waals surface area contributed by atoms with E-state index in [9.17, 15) is 14.4 Å². The van der Waals surface area contributed by atoms with E-state index in [0.717, 1.165) is 5.56 Å². The molecule has 0 radical (unpaired) electrons. The van der Waals surface area contributed by atoms with Crippen molar-refractivity contribution in [3.63, 3.8) is 0 Å². The van der Waals surface area contributed by atoms with Crippen LogP contribution < -0.4 is 14.8 Å². The number of aromatic nitrogens is 1. The molecule has 1 aromatic heterocycles. The van der Waals surface area contributed by atoms with Crippen LogP contribution >= 0.6 is 0 Å². The van der Waals surface area contributed by atoms with Crippen LogP contribution in [0.15, 0.2) is 42.6 Å². The molecule has 1 aliphatic rings. The largest absolute Gasteiger partial charge is 0.454 e. The molecule has 0 aliphatic carbocycles. The van der Waals surface area contributed by atoms with Crippen LogP contribution in [-0.2, 0) is 21.4 Å². The molecule has 2 heterocycles. The minimum atomic E-state index is -0.707. The topological polar surface area (TPSA) is 95.9 Å². The van der Waals surface area contributed by atoms with Gasteiger partial charge in [-0.3, -0.25) is 14.9 Å². The van der Waals surface area contributed by atoms with Crippen molar-refractivity contribution < 1.29 is 28.6 Å². The van der Waals surface area contributed by atoms with Crippen molar-refractivity contribution in [1.29, 1.82) is 0 Å². The summed E-state index contributed by atoms with van der Waals surface area (Å²) in [5.41, 5.74) is 1.04. The molecule has 134 valence electrons. The molecule has 3 rings (SSSR count). The summed E-state index contributed by atoms with van der Waals surface area (Å²) in [5, 5.41) is 2.15. The van der Waals surface area contributed by atoms with Crippen LogP contribution in [0.1, 0.15) is 16.1 Å². The molecule has 26 heavy (non-hydrogen) atoms. The summed E-state index contributed by atoms with van der Waals surface area (Å²) in [5.74, 6) is -0.733. The van der Waals surface area contributed by atoms with E-state index in [0.29, 0.717) is 17.2 Å². The van der Waals surface area contributed by atoms with Gasteiger partial charge in [-0.05, 0) is 35.9 Å². The van der Waals surface area contributed by atoms with Crippen LogP contribution in [0.3, 0.4) is 0 Å². The van der Waals surface area contributed by atoms with Crippen molar-refractivity contribution >= 4 is 23.9 Å². The van der Waals surface area contributed by atoms with E-state index in [4.69, 9.17) is 14.2 Å². The first-order valence-corrected chi connectivity index (χ1v) is 7.73. The normalized spacial score (nSPS) is 12.2. The maximum absolute atomic E-state index is 11.9. The zero-order valence-electron chi connectivity index (χ0n) is 13.9. The number of aryl methyl sites for hydroxylation is 1. The molecular weight excluding hydrogens is 340 g/mol. The van der Waals surface area contributed by atoms with Gasteiger partial charge >= 0.3 is 5.97 Å². The van der Waals surface area contributed by atoms with Crippen LogP contribution in [0, 0.1) is 0 Å². The first-order valence-electron chi connectivity index (χ1n) is 7.73. The Morgan fingerprint density at radius 2 is 2.04 bits per heavy atom. The minimum absolute atomic E-state index is 0.168. The molecule has 8 nitrogen and oxygen atoms in total. The third-order valence-electron chi connectivity index (χ3n) is 3.58. The average Bonchev–Trinajstić information content (AvgIpc) is 3.26. The van der Waals surface area contributed by atoms with Gasteiger partial charge in [-0.2, -0.15) is 0 Å². The molecule has 0 unspecified atom stereocenters. The number of benzene rings is 1. The average molecular weight is 356 g/mol. The fourth-order valence-corrected chi connectivity index (χ4v) is 2.29. The van der Waals surface area contributed by atoms with E-state index in [2.05, 4.69) is 5.32 Å². The lowest BCUT2D eigenvalue weighted by molar-refractivity contribution is -0.143. The van der Waals surface area contributed by atoms with E-state index in [1.165, 1.54) is 12.2 Å². The molecule has 0 saturated heterocycles. The zero-order valence-corrected chi connectivity index (χ0v) is 13.9. The number of nitrogens with one attached hydrogen (secondary N) is 1. The van der Waals surface area contributed by atoms with E-state index in [1.54, 1.807) is 48.1 Å². The number of ether oxygens (including phenoxy) is 3. The summed E-state index contributed by atoms with van der Waals surface area (Å²) in [6.07, 6.45) is 4.39. The fraction of sp³-hybridized carbons (Fsp3) is 0.167. The van der Waals surface area contributed by atoms with Gasteiger partial charge in [0.05, 0.1) is 0 Å². The Morgan fingerprint density at radius 1 is 1.23 bits per heavy atom. The highest BCUT2D eigenvalue weighted by Gasteiger charge is 2.14. The van der Waals surface area contributed by atoms with E-state index < -0.39 is 24.4 Å². The molecule has 2 aromatic rings. The number of carbonyl (C=O) groups is 3. The van der Waals surface area contributed by atoms with Gasteiger partial charge in [0.2, 0.25) is 6.79 Å². The van der Waals surface area contributed by atoms with Gasteiger partial charge in [-0.1, -0.05) is 6.07 Å². The second-order valence-corrected chi connectivity index (χ2v) is 5.44. The van der Waals surface area contributed by atoms with Gasteiger partial charge in [0, 0.05) is 19.3 Å². The van der Waals surface area contributed by atoms with Crippen molar-refractivity contribution in [2.45, 2.75) is 0 Å². The van der Waals surface area contributed by atoms with Gasteiger partial charge in [-0.15, -0.1) is 0 Å². The Labute approximate surface area is 149 Å². The molecular formula is C18H16N2O6. The monoisotopic (exact) mass is 356 g/mol. The van der Waals surface area contributed by atoms with Gasteiger partial charge < -0.3 is 18.8 Å². The third kappa shape index (κ3) is 4.10. The summed E-state index contributed by atoms with van der Waals surface area (Å²) in [7, 11) is 1.68. The van der Waals surface area contributed by atoms with Crippen LogP contribution in [0.25, 0.3) is 6.08 Å². The van der Waals surface area contributed by atoms with Gasteiger partial charge in [-0.25, -0.2) is 4.79 Å². The molecule has 0 atom stereocenters. The quantitative estimate of drug-likeness (QED) is 0.640. The zero-order chi connectivity index (χ0) is 18.5. The Kier molecular flexibility index (Phi) is 5.02. The molecule has 2 amide bonds. The predicted octanol–water partition coefficient (Wildman–Crippen LogP) is 1.27. The van der Waals surface area contributed by atoms with E-state index >= 15 is 0 Å². The number of hydrogen-bond acceptors (Lipinski definition) is 6. The second kappa shape index (κ2) is 7.56. The van der Waals surface area contributed by atoms with Crippen molar-refractivity contribution in [3.8, 4) is 11.5 Å². The molecule has 0 fully saturated rings. The Bertz CT molecular complexity index is 884. The highest BCUT2D eigenvalue weighted by molar-refractivity contribution is 6.04. The van der Waals surface area contributed by atoms with E-state index in [1.807, 2.05) is 0 Å². The molecule has 8 heteroatoms. The van der Waals surface area contributed by atoms with Crippen LogP contribution in [0.5, 0.6) is 11.5 Å². The lowest BCUT2D eigenvalue weighted by Gasteiger charge is -2.05. The number of nitrogens with zero attached hydrogens (tertiary/aromatic N) is 1. The summed E-state index contributed by atoms with van der Waals surface area (Å²) in [6, 6.07) is 8.46. The molecule has 1 aromatic carbocycles. The summed E-state index contributed by atoms with van der Waals surface area (Å²) >= 11 is 0. The maximum atomic E-state index is 11.9. The maximum Gasteiger partial charge on any atom is 0.331 e. The first-order chi connectivity index (χ1) is 12.5. The SMILES string of the molecule is Cn1cccc1C(=O)NC(=O)COC(=O)C=Cc1ccc2c(c1)OCO2. The Hall–Kier alpha value is -3.55. The van der Waals surface area contributed by atoms with Crippen LogP contribution in [0.4, 0.5) is 0 Å². The fourth-order valence-electron chi connectivity index (χ4n) is 2.29. The van der Waals surface area contributed by atoms with Gasteiger partial charge in [0.15, 0.2) is 18.1 Å². The van der Waals surface area contributed by atoms with Crippen molar-refractivity contribution in [1.82, 2.24) is 9.88 Å². The molecule has 0 bridgehead atoms. The predicted molar refractivity (Wildman–Crippen MR) is 90.4 cm³/mol. The molecule has 0 saturated carbocycles. The minimum Gasteiger partial charge on any atom is -0.454 e. The Morgan fingerprint density at radius 3 is 2.81 bits per heavy atom. The van der Waals surface area contributed by atoms with Crippen molar-refractivity contribution in [2.75, 3.05) is 13.4 Å². The number of rotatable bonds is 5. The van der Waals surface area contributed by atoms with Crippen molar-refractivity contribution in [2.24, 2.45) is 7.05 Å². The van der Waals surface area contributed by atoms with E-state index in [-0.39, 0.29) is 6.79 Å². The highest BCUT2D eigenvalue weighted by atomic mass is 16.7. The number of amides is 2. The number of fused-ring (bicyclic) bond motifs is 1. The van der Waals surface area contributed by atoms with Gasteiger partial charge in [0.1, 0.15) is 5.69 Å². The number of esters is 1. The smallest absolute Gasteiger partial charge is 0.331 e. The first kappa shape index (κ1) is 17.3. The van der Waals surface area contributed by atoms with Gasteiger partial charge in [0.25, 0.3) is 11.8 Å². The number of imide groups is 1. The molecule has 0 spiro atoms.